The Morgan fingerprint density at radius 2 is 2.40 bits per heavy atom. The highest BCUT2D eigenvalue weighted by atomic mass is 16.7. The average molecular weight is 283 g/mol. The van der Waals surface area contributed by atoms with Gasteiger partial charge in [0.05, 0.1) is 31.6 Å². The minimum atomic E-state index is -0.389. The zero-order chi connectivity index (χ0) is 14.5. The Balaban J connectivity index is 1.76. The summed E-state index contributed by atoms with van der Waals surface area (Å²) in [5.74, 6) is 0.349. The molecule has 0 aromatic carbocycles. The number of hydrogen-bond donors (Lipinski definition) is 1. The molecule has 1 unspecified atom stereocenters. The molecule has 112 valence electrons. The highest BCUT2D eigenvalue weighted by Gasteiger charge is 2.30. The predicted molar refractivity (Wildman–Crippen MR) is 70.1 cm³/mol. The zero-order valence-corrected chi connectivity index (χ0v) is 11.8. The molecular weight excluding hydrogens is 262 g/mol. The maximum Gasteiger partial charge on any atom is 0.171 e. The Bertz CT molecular complexity index is 435. The molecule has 1 aromatic rings. The summed E-state index contributed by atoms with van der Waals surface area (Å²) in [7, 11) is 0. The van der Waals surface area contributed by atoms with Crippen molar-refractivity contribution in [3.05, 3.63) is 11.9 Å². The smallest absolute Gasteiger partial charge is 0.171 e. The average Bonchev–Trinajstić information content (AvgIpc) is 2.86. The molecule has 0 bridgehead atoms. The minimum Gasteiger partial charge on any atom is -0.393 e. The van der Waals surface area contributed by atoms with Crippen LogP contribution in [0.15, 0.2) is 6.20 Å². The first-order valence-corrected chi connectivity index (χ1v) is 6.89. The lowest BCUT2D eigenvalue weighted by Crippen LogP contribution is -2.40. The Morgan fingerprint density at radius 3 is 3.05 bits per heavy atom. The van der Waals surface area contributed by atoms with Gasteiger partial charge in [0, 0.05) is 12.8 Å². The van der Waals surface area contributed by atoms with Gasteiger partial charge >= 0.3 is 0 Å². The molecule has 1 aliphatic heterocycles. The van der Waals surface area contributed by atoms with Crippen LogP contribution in [0.2, 0.25) is 0 Å². The Kier molecular flexibility index (Phi) is 5.22. The lowest BCUT2D eigenvalue weighted by atomic mass is 9.96. The minimum absolute atomic E-state index is 0.0248. The number of aliphatic hydroxyl groups excluding tert-OH is 1. The van der Waals surface area contributed by atoms with Crippen LogP contribution in [0.3, 0.4) is 0 Å². The van der Waals surface area contributed by atoms with E-state index < -0.39 is 0 Å². The van der Waals surface area contributed by atoms with E-state index in [2.05, 4.69) is 24.2 Å². The molecular formula is C13H21N3O4. The van der Waals surface area contributed by atoms with Crippen LogP contribution in [0.25, 0.3) is 0 Å². The van der Waals surface area contributed by atoms with Crippen LogP contribution in [0.1, 0.15) is 37.2 Å². The van der Waals surface area contributed by atoms with Crippen molar-refractivity contribution in [2.24, 2.45) is 5.92 Å². The summed E-state index contributed by atoms with van der Waals surface area (Å²) >= 11 is 0. The Morgan fingerprint density at radius 1 is 1.60 bits per heavy atom. The fraction of sp³-hybridized carbons (Fsp3) is 0.769. The number of hydrogen-bond acceptors (Lipinski definition) is 6. The molecule has 0 amide bonds. The van der Waals surface area contributed by atoms with Gasteiger partial charge in [0.15, 0.2) is 12.6 Å². The van der Waals surface area contributed by atoms with E-state index in [0.29, 0.717) is 43.9 Å². The third-order valence-electron chi connectivity index (χ3n) is 3.34. The Labute approximate surface area is 117 Å². The van der Waals surface area contributed by atoms with Gasteiger partial charge in [-0.1, -0.05) is 19.1 Å². The van der Waals surface area contributed by atoms with Crippen LogP contribution in [-0.2, 0) is 16.0 Å². The maximum atomic E-state index is 10.5. The van der Waals surface area contributed by atoms with Crippen LogP contribution in [0, 0.1) is 5.92 Å². The van der Waals surface area contributed by atoms with E-state index in [-0.39, 0.29) is 18.5 Å². The van der Waals surface area contributed by atoms with Crippen molar-refractivity contribution in [3.63, 3.8) is 0 Å². The summed E-state index contributed by atoms with van der Waals surface area (Å²) in [4.78, 5) is 10.5. The number of nitrogens with zero attached hydrogens (tertiary/aromatic N) is 3. The van der Waals surface area contributed by atoms with Gasteiger partial charge in [-0.15, -0.1) is 5.10 Å². The highest BCUT2D eigenvalue weighted by Crippen LogP contribution is 2.25. The van der Waals surface area contributed by atoms with E-state index in [1.165, 1.54) is 0 Å². The molecule has 2 heterocycles. The number of aliphatic hydroxyl groups is 1. The molecule has 1 N–H and O–H groups in total. The molecule has 7 heteroatoms. The van der Waals surface area contributed by atoms with Gasteiger partial charge in [-0.25, -0.2) is 4.68 Å². The first kappa shape index (κ1) is 15.1. The van der Waals surface area contributed by atoms with E-state index in [1.54, 1.807) is 10.9 Å². The second-order valence-corrected chi connectivity index (χ2v) is 5.37. The van der Waals surface area contributed by atoms with Crippen LogP contribution in [-0.4, -0.2) is 51.5 Å². The summed E-state index contributed by atoms with van der Waals surface area (Å²) in [6.07, 6.45) is 2.61. The first-order chi connectivity index (χ1) is 9.58. The number of aldehydes is 1. The molecule has 1 aliphatic rings. The highest BCUT2D eigenvalue weighted by molar-refractivity contribution is 5.70. The van der Waals surface area contributed by atoms with Crippen molar-refractivity contribution >= 4 is 6.29 Å². The lowest BCUT2D eigenvalue weighted by molar-refractivity contribution is -0.224. The summed E-state index contributed by atoms with van der Waals surface area (Å²) in [5, 5.41) is 17.3. The molecule has 0 spiro atoms. The normalized spacial score (nSPS) is 26.9. The van der Waals surface area contributed by atoms with E-state index in [9.17, 15) is 9.90 Å². The third kappa shape index (κ3) is 4.09. The second-order valence-electron chi connectivity index (χ2n) is 5.37. The second kappa shape index (κ2) is 6.92. The van der Waals surface area contributed by atoms with E-state index in [0.717, 1.165) is 0 Å². The topological polar surface area (TPSA) is 86.5 Å². The summed E-state index contributed by atoms with van der Waals surface area (Å²) in [6.45, 7) is 5.01. The summed E-state index contributed by atoms with van der Waals surface area (Å²) < 4.78 is 13.0. The first-order valence-electron chi connectivity index (χ1n) is 6.89. The molecule has 0 radical (unpaired) electrons. The van der Waals surface area contributed by atoms with Gasteiger partial charge in [0.1, 0.15) is 5.69 Å². The van der Waals surface area contributed by atoms with Crippen molar-refractivity contribution in [1.29, 1.82) is 0 Å². The molecule has 0 saturated carbocycles. The number of aromatic nitrogens is 3. The molecule has 0 aliphatic carbocycles. The summed E-state index contributed by atoms with van der Waals surface area (Å²) in [5.41, 5.74) is 0.300. The number of carbonyl (C=O) groups excluding carboxylic acids is 1. The van der Waals surface area contributed by atoms with Crippen molar-refractivity contribution in [2.75, 3.05) is 6.61 Å². The van der Waals surface area contributed by atoms with Gasteiger partial charge in [-0.3, -0.25) is 4.79 Å². The van der Waals surface area contributed by atoms with Gasteiger partial charge in [-0.2, -0.15) is 0 Å². The fourth-order valence-corrected chi connectivity index (χ4v) is 2.18. The zero-order valence-electron chi connectivity index (χ0n) is 11.8. The number of rotatable bonds is 6. The quantitative estimate of drug-likeness (QED) is 0.771. The monoisotopic (exact) mass is 283 g/mol. The third-order valence-corrected chi connectivity index (χ3v) is 3.34. The van der Waals surface area contributed by atoms with Gasteiger partial charge in [0.25, 0.3) is 0 Å². The molecule has 7 nitrogen and oxygen atoms in total. The van der Waals surface area contributed by atoms with Crippen molar-refractivity contribution < 1.29 is 19.4 Å². The maximum absolute atomic E-state index is 10.5. The van der Waals surface area contributed by atoms with Crippen molar-refractivity contribution in [1.82, 2.24) is 15.0 Å². The van der Waals surface area contributed by atoms with Crippen LogP contribution in [0.4, 0.5) is 0 Å². The van der Waals surface area contributed by atoms with Gasteiger partial charge in [-0.05, 0) is 5.92 Å². The van der Waals surface area contributed by atoms with Crippen molar-refractivity contribution in [3.8, 4) is 0 Å². The standard InChI is InChI=1S/C13H21N3O4/c1-9(2)12-5-11(18)6-13(20-12)19-4-3-16-7-10(8-17)14-15-16/h7-9,11-13,18H,3-6H2,1-2H3/t11-,12?,13+/m0/s1. The fourth-order valence-electron chi connectivity index (χ4n) is 2.18. The largest absolute Gasteiger partial charge is 0.393 e. The number of carbonyl (C=O) groups is 1. The Hall–Kier alpha value is -1.31. The van der Waals surface area contributed by atoms with Crippen LogP contribution < -0.4 is 0 Å². The van der Waals surface area contributed by atoms with E-state index in [1.807, 2.05) is 0 Å². The molecule has 3 atom stereocenters. The van der Waals surface area contributed by atoms with Gasteiger partial charge in [0.2, 0.25) is 0 Å². The van der Waals surface area contributed by atoms with E-state index >= 15 is 0 Å². The SMILES string of the molecule is CC(C)C1C[C@H](O)C[C@H](OCCn2cc(C=O)nn2)O1. The molecule has 20 heavy (non-hydrogen) atoms. The molecule has 2 rings (SSSR count). The summed E-state index contributed by atoms with van der Waals surface area (Å²) in [6, 6.07) is 0. The molecule has 1 saturated heterocycles. The van der Waals surface area contributed by atoms with E-state index in [4.69, 9.17) is 9.47 Å². The number of ether oxygens (including phenoxy) is 2. The van der Waals surface area contributed by atoms with Gasteiger partial charge < -0.3 is 14.6 Å². The predicted octanol–water partition coefficient (Wildman–Crippen LogP) is 0.629. The molecule has 1 aromatic heterocycles. The van der Waals surface area contributed by atoms with Crippen LogP contribution >= 0.6 is 0 Å². The molecule has 1 fully saturated rings. The lowest BCUT2D eigenvalue weighted by Gasteiger charge is -2.35. The van der Waals surface area contributed by atoms with Crippen molar-refractivity contribution in [2.45, 2.75) is 51.7 Å². The van der Waals surface area contributed by atoms with Crippen LogP contribution in [0.5, 0.6) is 0 Å².